The molecule has 0 atom stereocenters. The van der Waals surface area contributed by atoms with Gasteiger partial charge in [0.25, 0.3) is 0 Å². The van der Waals surface area contributed by atoms with Crippen LogP contribution in [0.1, 0.15) is 32.6 Å². The monoisotopic (exact) mass is 176 g/mol. The highest BCUT2D eigenvalue weighted by Gasteiger charge is 2.14. The lowest BCUT2D eigenvalue weighted by atomic mass is 9.87. The maximum absolute atomic E-state index is 9.79. The summed E-state index contributed by atoms with van der Waals surface area (Å²) in [5.74, 6) is 0.435. The van der Waals surface area contributed by atoms with E-state index in [4.69, 9.17) is 11.6 Å². The first-order chi connectivity index (χ1) is 5.20. The Morgan fingerprint density at radius 1 is 1.64 bits per heavy atom. The van der Waals surface area contributed by atoms with E-state index in [1.807, 2.05) is 0 Å². The lowest BCUT2D eigenvalue weighted by Crippen LogP contribution is -2.10. The van der Waals surface area contributed by atoms with E-state index in [-0.39, 0.29) is 5.24 Å². The second kappa shape index (κ2) is 6.35. The lowest BCUT2D eigenvalue weighted by molar-refractivity contribution is -0.113. The predicted octanol–water partition coefficient (Wildman–Crippen LogP) is 2.15. The third-order valence-electron chi connectivity index (χ3n) is 1.62. The summed E-state index contributed by atoms with van der Waals surface area (Å²) in [4.78, 5) is 19.4. The highest BCUT2D eigenvalue weighted by atomic mass is 35.5. The minimum Gasteiger partial charge on any atom is -0.303 e. The summed E-state index contributed by atoms with van der Waals surface area (Å²) in [6, 6.07) is 0. The van der Waals surface area contributed by atoms with E-state index >= 15 is 0 Å². The molecule has 1 saturated carbocycles. The highest BCUT2D eigenvalue weighted by molar-refractivity contribution is 6.63. The summed E-state index contributed by atoms with van der Waals surface area (Å²) in [7, 11) is 0. The Kier molecular flexibility index (Phi) is 6.13. The molecule has 11 heavy (non-hydrogen) atoms. The normalized spacial score (nSPS) is 15.8. The van der Waals surface area contributed by atoms with Crippen LogP contribution in [0.3, 0.4) is 0 Å². The molecular weight excluding hydrogens is 164 g/mol. The van der Waals surface area contributed by atoms with E-state index in [1.165, 1.54) is 6.42 Å². The van der Waals surface area contributed by atoms with Gasteiger partial charge in [-0.3, -0.25) is 4.79 Å². The molecule has 0 aromatic heterocycles. The molecule has 1 aliphatic carbocycles. The van der Waals surface area contributed by atoms with E-state index in [2.05, 4.69) is 0 Å². The van der Waals surface area contributed by atoms with Gasteiger partial charge in [0.1, 0.15) is 6.29 Å². The molecule has 0 bridgehead atoms. The summed E-state index contributed by atoms with van der Waals surface area (Å²) in [6.07, 6.45) is 5.04. The number of carbonyl (C=O) groups is 2. The fourth-order valence-electron chi connectivity index (χ4n) is 0.576. The van der Waals surface area contributed by atoms with Crippen LogP contribution in [0.5, 0.6) is 0 Å². The Balaban J connectivity index is 0.000000187. The van der Waals surface area contributed by atoms with Crippen LogP contribution in [-0.2, 0) is 9.59 Å². The van der Waals surface area contributed by atoms with E-state index in [0.29, 0.717) is 12.3 Å². The van der Waals surface area contributed by atoms with Crippen LogP contribution in [-0.4, -0.2) is 11.5 Å². The van der Waals surface area contributed by atoms with Crippen molar-refractivity contribution in [1.29, 1.82) is 0 Å². The molecule has 0 aromatic carbocycles. The van der Waals surface area contributed by atoms with Crippen molar-refractivity contribution in [2.75, 3.05) is 0 Å². The van der Waals surface area contributed by atoms with Gasteiger partial charge >= 0.3 is 0 Å². The number of aldehydes is 1. The zero-order chi connectivity index (χ0) is 8.69. The maximum Gasteiger partial charge on any atom is 0.221 e. The molecule has 2 nitrogen and oxygen atoms in total. The summed E-state index contributed by atoms with van der Waals surface area (Å²) >= 11 is 4.82. The first kappa shape index (κ1) is 10.6. The third kappa shape index (κ3) is 6.05. The third-order valence-corrected chi connectivity index (χ3v) is 1.89. The zero-order valence-corrected chi connectivity index (χ0v) is 7.43. The van der Waals surface area contributed by atoms with Crippen LogP contribution < -0.4 is 0 Å². The quantitative estimate of drug-likeness (QED) is 0.477. The number of halogens is 1. The maximum atomic E-state index is 9.79. The standard InChI is InChI=1S/C5H8O.C3H5ClO/c6-4-5-2-1-3-5;1-2-3(4)5/h4-5H,1-3H2;2H2,1H3. The average Bonchev–Trinajstić information content (AvgIpc) is 1.87. The molecule has 0 radical (unpaired) electrons. The van der Waals surface area contributed by atoms with Gasteiger partial charge in [0.2, 0.25) is 5.24 Å². The Labute approximate surface area is 71.9 Å². The number of rotatable bonds is 2. The second-order valence-corrected chi connectivity index (χ2v) is 2.96. The van der Waals surface area contributed by atoms with Gasteiger partial charge in [-0.1, -0.05) is 13.3 Å². The van der Waals surface area contributed by atoms with Gasteiger partial charge in [-0.05, 0) is 24.4 Å². The molecule has 3 heteroatoms. The molecule has 0 unspecified atom stereocenters. The van der Waals surface area contributed by atoms with Crippen LogP contribution >= 0.6 is 11.6 Å². The largest absolute Gasteiger partial charge is 0.303 e. The van der Waals surface area contributed by atoms with E-state index in [0.717, 1.165) is 19.1 Å². The summed E-state index contributed by atoms with van der Waals surface area (Å²) < 4.78 is 0. The van der Waals surface area contributed by atoms with Gasteiger partial charge < -0.3 is 4.79 Å². The van der Waals surface area contributed by atoms with Crippen molar-refractivity contribution in [2.45, 2.75) is 32.6 Å². The van der Waals surface area contributed by atoms with E-state index in [9.17, 15) is 9.59 Å². The van der Waals surface area contributed by atoms with Crippen LogP contribution in [0.2, 0.25) is 0 Å². The molecule has 1 rings (SSSR count). The van der Waals surface area contributed by atoms with Crippen molar-refractivity contribution >= 4 is 23.1 Å². The fraction of sp³-hybridized carbons (Fsp3) is 0.750. The smallest absolute Gasteiger partial charge is 0.221 e. The minimum absolute atomic E-state index is 0.273. The topological polar surface area (TPSA) is 34.1 Å². The van der Waals surface area contributed by atoms with Gasteiger partial charge in [-0.15, -0.1) is 0 Å². The lowest BCUT2D eigenvalue weighted by Gasteiger charge is -2.17. The van der Waals surface area contributed by atoms with Crippen molar-refractivity contribution < 1.29 is 9.59 Å². The van der Waals surface area contributed by atoms with Gasteiger partial charge in [0.05, 0.1) is 0 Å². The van der Waals surface area contributed by atoms with Gasteiger partial charge in [0.15, 0.2) is 0 Å². The van der Waals surface area contributed by atoms with Gasteiger partial charge in [-0.2, -0.15) is 0 Å². The average molecular weight is 177 g/mol. The fourth-order valence-corrected chi connectivity index (χ4v) is 0.576. The molecule has 0 N–H and O–H groups in total. The number of hydrogen-bond acceptors (Lipinski definition) is 2. The highest BCUT2D eigenvalue weighted by Crippen LogP contribution is 2.23. The Morgan fingerprint density at radius 3 is 2.09 bits per heavy atom. The van der Waals surface area contributed by atoms with Gasteiger partial charge in [0, 0.05) is 12.3 Å². The summed E-state index contributed by atoms with van der Waals surface area (Å²) in [6.45, 7) is 1.72. The molecule has 1 aliphatic rings. The van der Waals surface area contributed by atoms with Crippen LogP contribution in [0.4, 0.5) is 0 Å². The van der Waals surface area contributed by atoms with Crippen LogP contribution in [0, 0.1) is 5.92 Å². The van der Waals surface area contributed by atoms with Crippen LogP contribution in [0.25, 0.3) is 0 Å². The molecule has 0 aromatic rings. The molecular formula is C8H13ClO2. The number of carbonyl (C=O) groups excluding carboxylic acids is 2. The first-order valence-electron chi connectivity index (χ1n) is 3.84. The van der Waals surface area contributed by atoms with Gasteiger partial charge in [-0.25, -0.2) is 0 Å². The molecule has 0 spiro atoms. The van der Waals surface area contributed by atoms with Crippen molar-refractivity contribution in [3.8, 4) is 0 Å². The summed E-state index contributed by atoms with van der Waals surface area (Å²) in [5, 5.41) is -0.273. The predicted molar refractivity (Wildman–Crippen MR) is 44.6 cm³/mol. The molecule has 1 fully saturated rings. The summed E-state index contributed by atoms with van der Waals surface area (Å²) in [5.41, 5.74) is 0. The molecule has 0 amide bonds. The Hall–Kier alpha value is -0.370. The van der Waals surface area contributed by atoms with Crippen molar-refractivity contribution in [1.82, 2.24) is 0 Å². The van der Waals surface area contributed by atoms with Crippen molar-refractivity contribution in [3.05, 3.63) is 0 Å². The second-order valence-electron chi connectivity index (χ2n) is 2.54. The van der Waals surface area contributed by atoms with Crippen molar-refractivity contribution in [3.63, 3.8) is 0 Å². The minimum atomic E-state index is -0.273. The Bertz CT molecular complexity index is 130. The number of hydrogen-bond donors (Lipinski definition) is 0. The van der Waals surface area contributed by atoms with E-state index in [1.54, 1.807) is 6.92 Å². The van der Waals surface area contributed by atoms with E-state index < -0.39 is 0 Å². The molecule has 0 heterocycles. The molecule has 0 saturated heterocycles. The molecule has 0 aliphatic heterocycles. The first-order valence-corrected chi connectivity index (χ1v) is 4.22. The van der Waals surface area contributed by atoms with Crippen molar-refractivity contribution in [2.24, 2.45) is 5.92 Å². The SMILES string of the molecule is CCC(=O)Cl.O=CC1CCC1. The van der Waals surface area contributed by atoms with Crippen LogP contribution in [0.15, 0.2) is 0 Å². The molecule has 64 valence electrons. The Morgan fingerprint density at radius 2 is 2.09 bits per heavy atom. The zero-order valence-electron chi connectivity index (χ0n) is 6.68.